The maximum Gasteiger partial charge on any atom is 0.274 e. The van der Waals surface area contributed by atoms with Crippen LogP contribution in [0.2, 0.25) is 0 Å². The van der Waals surface area contributed by atoms with Gasteiger partial charge < -0.3 is 25.8 Å². The van der Waals surface area contributed by atoms with Crippen molar-refractivity contribution in [2.24, 2.45) is 5.73 Å². The first kappa shape index (κ1) is 27.6. The predicted octanol–water partition coefficient (Wildman–Crippen LogP) is 4.13. The lowest BCUT2D eigenvalue weighted by molar-refractivity contribution is 0.0664. The molecule has 0 saturated carbocycles. The van der Waals surface area contributed by atoms with Crippen molar-refractivity contribution in [3.8, 4) is 17.2 Å². The molecule has 0 unspecified atom stereocenters. The van der Waals surface area contributed by atoms with Gasteiger partial charge in [0.15, 0.2) is 5.82 Å². The first-order valence-corrected chi connectivity index (χ1v) is 13.6. The number of nitriles is 1. The number of hydrogen-bond donors (Lipinski definition) is 3. The van der Waals surface area contributed by atoms with Gasteiger partial charge in [-0.1, -0.05) is 24.3 Å². The van der Waals surface area contributed by atoms with Crippen LogP contribution in [0.15, 0.2) is 66.9 Å². The van der Waals surface area contributed by atoms with Crippen molar-refractivity contribution < 1.29 is 18.8 Å². The monoisotopic (exact) mass is 575 g/mol. The molecule has 3 amide bonds. The van der Waals surface area contributed by atoms with Crippen LogP contribution in [-0.2, 0) is 0 Å². The molecule has 1 aliphatic rings. The van der Waals surface area contributed by atoms with E-state index in [1.165, 1.54) is 30.5 Å². The number of aromatic nitrogens is 2. The van der Waals surface area contributed by atoms with Crippen LogP contribution in [0.1, 0.15) is 36.8 Å². The maximum atomic E-state index is 16.0. The Morgan fingerprint density at radius 3 is 2.51 bits per heavy atom. The Morgan fingerprint density at radius 1 is 1.02 bits per heavy atom. The van der Waals surface area contributed by atoms with E-state index in [9.17, 15) is 14.4 Å². The standard InChI is InChI=1S/C32H26FN7O3/c1-39-11-13-40(14-12-39)32(43)19-6-7-22-26(15-19)37-29-23(30(35)41)9-8-20(27(22)29)21-3-2-4-24(28(21)33)38-31(42)25-10-5-18(16-34)17-36-25/h2-10,15,17,37H,11-14H2,1H3,(H2,35,41)(H,38,42). The lowest BCUT2D eigenvalue weighted by Gasteiger charge is -2.32. The zero-order valence-corrected chi connectivity index (χ0v) is 23.1. The number of piperazine rings is 1. The van der Waals surface area contributed by atoms with E-state index >= 15 is 4.39 Å². The summed E-state index contributed by atoms with van der Waals surface area (Å²) in [6.45, 7) is 2.84. The van der Waals surface area contributed by atoms with Crippen molar-refractivity contribution >= 4 is 45.2 Å². The van der Waals surface area contributed by atoms with E-state index in [0.717, 1.165) is 13.1 Å². The number of nitrogens with one attached hydrogen (secondary N) is 2. The highest BCUT2D eigenvalue weighted by Crippen LogP contribution is 2.39. The highest BCUT2D eigenvalue weighted by molar-refractivity contribution is 6.20. The molecule has 6 rings (SSSR count). The topological polar surface area (TPSA) is 148 Å². The van der Waals surface area contributed by atoms with E-state index in [-0.39, 0.29) is 28.4 Å². The number of amides is 3. The van der Waals surface area contributed by atoms with Crippen molar-refractivity contribution in [1.82, 2.24) is 19.8 Å². The van der Waals surface area contributed by atoms with Gasteiger partial charge in [-0.05, 0) is 49.0 Å². The summed E-state index contributed by atoms with van der Waals surface area (Å²) >= 11 is 0. The second-order valence-electron chi connectivity index (χ2n) is 10.4. The number of rotatable bonds is 5. The van der Waals surface area contributed by atoms with Crippen molar-refractivity contribution in [2.45, 2.75) is 0 Å². The molecule has 0 spiro atoms. The molecule has 10 nitrogen and oxygen atoms in total. The lowest BCUT2D eigenvalue weighted by Crippen LogP contribution is -2.47. The highest BCUT2D eigenvalue weighted by Gasteiger charge is 2.23. The summed E-state index contributed by atoms with van der Waals surface area (Å²) in [5.74, 6) is -2.07. The summed E-state index contributed by atoms with van der Waals surface area (Å²) in [5, 5.41) is 12.8. The number of benzene rings is 3. The van der Waals surface area contributed by atoms with Gasteiger partial charge >= 0.3 is 0 Å². The van der Waals surface area contributed by atoms with Gasteiger partial charge in [-0.2, -0.15) is 5.26 Å². The number of carbonyl (C=O) groups excluding carboxylic acids is 3. The minimum absolute atomic E-state index is 0.0237. The average Bonchev–Trinajstić information content (AvgIpc) is 3.40. The van der Waals surface area contributed by atoms with E-state index < -0.39 is 17.6 Å². The number of nitrogens with two attached hydrogens (primary N) is 1. The van der Waals surface area contributed by atoms with Gasteiger partial charge in [0.1, 0.15) is 11.8 Å². The minimum atomic E-state index is -0.686. The number of H-pyrrole nitrogens is 1. The molecule has 5 aromatic rings. The van der Waals surface area contributed by atoms with Gasteiger partial charge in [0.25, 0.3) is 17.7 Å². The Morgan fingerprint density at radius 2 is 1.81 bits per heavy atom. The zero-order chi connectivity index (χ0) is 30.2. The number of carbonyl (C=O) groups is 3. The second-order valence-corrected chi connectivity index (χ2v) is 10.4. The SMILES string of the molecule is CN1CCN(C(=O)c2ccc3c(c2)[nH]c2c(C(N)=O)ccc(-c4cccc(NC(=O)c5ccc(C#N)cn5)c4F)c23)CC1. The third kappa shape index (κ3) is 5.05. The van der Waals surface area contributed by atoms with Gasteiger partial charge in [0.2, 0.25) is 0 Å². The molecule has 4 N–H and O–H groups in total. The van der Waals surface area contributed by atoms with E-state index in [1.807, 2.05) is 18.0 Å². The first-order valence-electron chi connectivity index (χ1n) is 13.6. The number of pyridine rings is 1. The molecule has 0 bridgehead atoms. The highest BCUT2D eigenvalue weighted by atomic mass is 19.1. The zero-order valence-electron chi connectivity index (χ0n) is 23.1. The normalized spacial score (nSPS) is 13.7. The second kappa shape index (κ2) is 11.0. The van der Waals surface area contributed by atoms with Crippen LogP contribution in [0.5, 0.6) is 0 Å². The number of anilines is 1. The molecule has 1 saturated heterocycles. The summed E-state index contributed by atoms with van der Waals surface area (Å²) in [7, 11) is 2.02. The summed E-state index contributed by atoms with van der Waals surface area (Å²) in [4.78, 5) is 49.6. The van der Waals surface area contributed by atoms with Crippen molar-refractivity contribution in [3.05, 3.63) is 95.1 Å². The fourth-order valence-electron chi connectivity index (χ4n) is 5.38. The largest absolute Gasteiger partial charge is 0.366 e. The molecule has 43 heavy (non-hydrogen) atoms. The fraction of sp³-hybridized carbons (Fsp3) is 0.156. The van der Waals surface area contributed by atoms with E-state index in [0.29, 0.717) is 51.6 Å². The van der Waals surface area contributed by atoms with Crippen molar-refractivity contribution in [2.75, 3.05) is 38.5 Å². The van der Waals surface area contributed by atoms with Crippen molar-refractivity contribution in [1.29, 1.82) is 5.26 Å². The summed E-state index contributed by atoms with van der Waals surface area (Å²) < 4.78 is 16.0. The summed E-state index contributed by atoms with van der Waals surface area (Å²) in [5.41, 5.74) is 8.33. The van der Waals surface area contributed by atoms with E-state index in [1.54, 1.807) is 36.4 Å². The molecular weight excluding hydrogens is 549 g/mol. The van der Waals surface area contributed by atoms with Gasteiger partial charge in [-0.25, -0.2) is 9.37 Å². The molecule has 1 fully saturated rings. The van der Waals surface area contributed by atoms with Gasteiger partial charge in [0.05, 0.1) is 22.3 Å². The first-order chi connectivity index (χ1) is 20.7. The van der Waals surface area contributed by atoms with Gasteiger partial charge in [-0.15, -0.1) is 0 Å². The minimum Gasteiger partial charge on any atom is -0.366 e. The van der Waals surface area contributed by atoms with Crippen LogP contribution in [0.3, 0.4) is 0 Å². The molecule has 3 heterocycles. The quantitative estimate of drug-likeness (QED) is 0.287. The maximum absolute atomic E-state index is 16.0. The van der Waals surface area contributed by atoms with Crippen LogP contribution in [0.25, 0.3) is 32.9 Å². The molecular formula is C32H26FN7O3. The molecule has 1 aliphatic heterocycles. The van der Waals surface area contributed by atoms with Crippen molar-refractivity contribution in [3.63, 3.8) is 0 Å². The lowest BCUT2D eigenvalue weighted by atomic mass is 9.95. The summed E-state index contributed by atoms with van der Waals surface area (Å²) in [6.07, 6.45) is 1.26. The van der Waals surface area contributed by atoms with Crippen LogP contribution < -0.4 is 11.1 Å². The molecule has 214 valence electrons. The Balaban J connectivity index is 1.42. The number of nitrogens with zero attached hydrogens (tertiary/aromatic N) is 4. The Kier molecular flexibility index (Phi) is 7.05. The average molecular weight is 576 g/mol. The number of halogens is 1. The molecule has 3 aromatic carbocycles. The number of aromatic amines is 1. The Bertz CT molecular complexity index is 1970. The Hall–Kier alpha value is -5.60. The number of fused-ring (bicyclic) bond motifs is 3. The third-order valence-electron chi connectivity index (χ3n) is 7.72. The summed E-state index contributed by atoms with van der Waals surface area (Å²) in [6, 6.07) is 17.8. The third-order valence-corrected chi connectivity index (χ3v) is 7.72. The number of hydrogen-bond acceptors (Lipinski definition) is 6. The van der Waals surface area contributed by atoms with Crippen LogP contribution in [0.4, 0.5) is 10.1 Å². The molecule has 11 heteroatoms. The number of likely N-dealkylation sites (N-methyl/N-ethyl adjacent to an activating group) is 1. The predicted molar refractivity (Wildman–Crippen MR) is 160 cm³/mol. The Labute approximate surface area is 245 Å². The smallest absolute Gasteiger partial charge is 0.274 e. The van der Waals surface area contributed by atoms with Gasteiger partial charge in [-0.3, -0.25) is 14.4 Å². The van der Waals surface area contributed by atoms with Crippen LogP contribution in [0, 0.1) is 17.1 Å². The molecule has 0 atom stereocenters. The molecule has 0 aliphatic carbocycles. The van der Waals surface area contributed by atoms with Gasteiger partial charge in [0, 0.05) is 59.8 Å². The molecule has 0 radical (unpaired) electrons. The van der Waals surface area contributed by atoms with Crippen LogP contribution in [-0.4, -0.2) is 70.7 Å². The fourth-order valence-corrected chi connectivity index (χ4v) is 5.38. The van der Waals surface area contributed by atoms with E-state index in [4.69, 9.17) is 11.0 Å². The van der Waals surface area contributed by atoms with Crippen LogP contribution >= 0.6 is 0 Å². The molecule has 2 aromatic heterocycles. The van der Waals surface area contributed by atoms with E-state index in [2.05, 4.69) is 20.2 Å². The number of primary amides is 1.